The molecule has 112 valence electrons. The van der Waals surface area contributed by atoms with E-state index >= 15 is 0 Å². The third-order valence-electron chi connectivity index (χ3n) is 3.34. The quantitative estimate of drug-likeness (QED) is 0.885. The van der Waals surface area contributed by atoms with Crippen LogP contribution in [0, 0.1) is 5.82 Å². The molecule has 7 heteroatoms. The molecule has 0 unspecified atom stereocenters. The number of nitrogens with zero attached hydrogens (tertiary/aromatic N) is 1. The molecule has 2 rings (SSSR count). The number of benzene rings is 1. The van der Waals surface area contributed by atoms with Crippen LogP contribution in [0.25, 0.3) is 0 Å². The predicted octanol–water partition coefficient (Wildman–Crippen LogP) is 0.643. The summed E-state index contributed by atoms with van der Waals surface area (Å²) in [5.41, 5.74) is 0.666. The monoisotopic (exact) mass is 302 g/mol. The van der Waals surface area contributed by atoms with Crippen molar-refractivity contribution in [3.8, 4) is 5.75 Å². The maximum absolute atomic E-state index is 14.0. The Bertz CT molecular complexity index is 584. The van der Waals surface area contributed by atoms with Crippen LogP contribution in [0.5, 0.6) is 5.75 Å². The standard InChI is InChI=1S/C13H19FN2O3S/c1-19-12-8-13(20(2,17)18)11(14)7-10(12)9-16-5-3-15-4-6-16/h7-8,15H,3-6,9H2,1-2H3. The summed E-state index contributed by atoms with van der Waals surface area (Å²) < 4.78 is 42.2. The minimum atomic E-state index is -3.59. The number of nitrogens with one attached hydrogen (secondary N) is 1. The molecule has 0 saturated carbocycles. The average molecular weight is 302 g/mol. The van der Waals surface area contributed by atoms with E-state index in [9.17, 15) is 12.8 Å². The smallest absolute Gasteiger partial charge is 0.178 e. The van der Waals surface area contributed by atoms with Gasteiger partial charge in [0.1, 0.15) is 16.5 Å². The van der Waals surface area contributed by atoms with Crippen molar-refractivity contribution in [1.29, 1.82) is 0 Å². The average Bonchev–Trinajstić information content (AvgIpc) is 2.38. The molecule has 1 aromatic carbocycles. The molecule has 0 amide bonds. The molecule has 0 aromatic heterocycles. The Morgan fingerprint density at radius 2 is 2.00 bits per heavy atom. The molecule has 1 N–H and O–H groups in total. The molecule has 1 aromatic rings. The zero-order valence-corrected chi connectivity index (χ0v) is 12.5. The van der Waals surface area contributed by atoms with Crippen molar-refractivity contribution in [2.24, 2.45) is 0 Å². The SMILES string of the molecule is COc1cc(S(C)(=O)=O)c(F)cc1CN1CCNCC1. The molecule has 1 fully saturated rings. The largest absolute Gasteiger partial charge is 0.496 e. The number of hydrogen-bond donors (Lipinski definition) is 1. The summed E-state index contributed by atoms with van der Waals surface area (Å²) in [5.74, 6) is -0.316. The van der Waals surface area contributed by atoms with Crippen LogP contribution in [-0.2, 0) is 16.4 Å². The van der Waals surface area contributed by atoms with E-state index in [4.69, 9.17) is 4.74 Å². The highest BCUT2D eigenvalue weighted by Crippen LogP contribution is 2.27. The summed E-state index contributed by atoms with van der Waals surface area (Å²) in [6.45, 7) is 4.08. The van der Waals surface area contributed by atoms with Crippen LogP contribution < -0.4 is 10.1 Å². The van der Waals surface area contributed by atoms with Gasteiger partial charge in [-0.25, -0.2) is 12.8 Å². The number of methoxy groups -OCH3 is 1. The summed E-state index contributed by atoms with van der Waals surface area (Å²) in [6, 6.07) is 2.53. The Morgan fingerprint density at radius 1 is 1.35 bits per heavy atom. The zero-order valence-electron chi connectivity index (χ0n) is 11.6. The Hall–Kier alpha value is -1.18. The van der Waals surface area contributed by atoms with Crippen LogP contribution in [-0.4, -0.2) is 52.9 Å². The topological polar surface area (TPSA) is 58.6 Å². The van der Waals surface area contributed by atoms with E-state index in [1.54, 1.807) is 0 Å². The molecule has 20 heavy (non-hydrogen) atoms. The summed E-state index contributed by atoms with van der Waals surface area (Å²) in [4.78, 5) is 1.85. The molecule has 0 bridgehead atoms. The van der Waals surface area contributed by atoms with Crippen molar-refractivity contribution < 1.29 is 17.5 Å². The molecule has 1 heterocycles. The van der Waals surface area contributed by atoms with Crippen molar-refractivity contribution in [3.63, 3.8) is 0 Å². The number of halogens is 1. The van der Waals surface area contributed by atoms with Gasteiger partial charge < -0.3 is 10.1 Å². The van der Waals surface area contributed by atoms with E-state index < -0.39 is 15.7 Å². The minimum absolute atomic E-state index is 0.321. The highest BCUT2D eigenvalue weighted by atomic mass is 32.2. The number of hydrogen-bond acceptors (Lipinski definition) is 5. The first kappa shape index (κ1) is 15.2. The van der Waals surface area contributed by atoms with Gasteiger partial charge in [-0.15, -0.1) is 0 Å². The lowest BCUT2D eigenvalue weighted by Gasteiger charge is -2.27. The predicted molar refractivity (Wildman–Crippen MR) is 74.2 cm³/mol. The fraction of sp³-hybridized carbons (Fsp3) is 0.538. The van der Waals surface area contributed by atoms with Gasteiger partial charge in [0.15, 0.2) is 9.84 Å². The van der Waals surface area contributed by atoms with E-state index in [2.05, 4.69) is 10.2 Å². The maximum Gasteiger partial charge on any atom is 0.178 e. The van der Waals surface area contributed by atoms with Crippen LogP contribution in [0.3, 0.4) is 0 Å². The lowest BCUT2D eigenvalue weighted by Crippen LogP contribution is -2.42. The molecule has 1 saturated heterocycles. The second-order valence-corrected chi connectivity index (χ2v) is 6.88. The normalized spacial score (nSPS) is 17.1. The van der Waals surface area contributed by atoms with Gasteiger partial charge in [-0.3, -0.25) is 4.90 Å². The summed E-state index contributed by atoms with van der Waals surface area (Å²) in [7, 11) is -2.14. The van der Waals surface area contributed by atoms with E-state index in [1.165, 1.54) is 19.2 Å². The fourth-order valence-corrected chi connectivity index (χ4v) is 3.02. The molecule has 5 nitrogen and oxygen atoms in total. The van der Waals surface area contributed by atoms with Gasteiger partial charge in [0, 0.05) is 50.6 Å². The van der Waals surface area contributed by atoms with Gasteiger partial charge in [0.05, 0.1) is 7.11 Å². The van der Waals surface area contributed by atoms with Gasteiger partial charge in [-0.1, -0.05) is 0 Å². The van der Waals surface area contributed by atoms with Crippen molar-refractivity contribution in [2.75, 3.05) is 39.5 Å². The number of sulfone groups is 1. The highest BCUT2D eigenvalue weighted by Gasteiger charge is 2.20. The minimum Gasteiger partial charge on any atom is -0.496 e. The first-order valence-electron chi connectivity index (χ1n) is 6.41. The van der Waals surface area contributed by atoms with E-state index in [0.717, 1.165) is 32.4 Å². The van der Waals surface area contributed by atoms with Gasteiger partial charge in [0.2, 0.25) is 0 Å². The summed E-state index contributed by atoms with van der Waals surface area (Å²) in [5, 5.41) is 3.24. The molecule has 1 aliphatic heterocycles. The number of rotatable bonds is 4. The molecule has 1 aliphatic rings. The molecule has 0 spiro atoms. The van der Waals surface area contributed by atoms with Crippen LogP contribution in [0.15, 0.2) is 17.0 Å². The van der Waals surface area contributed by atoms with Crippen molar-refractivity contribution in [2.45, 2.75) is 11.4 Å². The van der Waals surface area contributed by atoms with E-state index in [-0.39, 0.29) is 4.90 Å². The van der Waals surface area contributed by atoms with Crippen LogP contribution >= 0.6 is 0 Å². The Kier molecular flexibility index (Phi) is 4.62. The van der Waals surface area contributed by atoms with E-state index in [1.807, 2.05) is 0 Å². The Labute approximate surface area is 118 Å². The lowest BCUT2D eigenvalue weighted by molar-refractivity contribution is 0.229. The van der Waals surface area contributed by atoms with E-state index in [0.29, 0.717) is 17.9 Å². The fourth-order valence-electron chi connectivity index (χ4n) is 2.28. The second kappa shape index (κ2) is 6.07. The second-order valence-electron chi connectivity index (χ2n) is 4.89. The highest BCUT2D eigenvalue weighted by molar-refractivity contribution is 7.90. The number of ether oxygens (including phenoxy) is 1. The molecular formula is C13H19FN2O3S. The molecular weight excluding hydrogens is 283 g/mol. The van der Waals surface area contributed by atoms with Crippen LogP contribution in [0.4, 0.5) is 4.39 Å². The van der Waals surface area contributed by atoms with Gasteiger partial charge in [0.25, 0.3) is 0 Å². The van der Waals surface area contributed by atoms with Crippen molar-refractivity contribution in [1.82, 2.24) is 10.2 Å². The van der Waals surface area contributed by atoms with Crippen molar-refractivity contribution >= 4 is 9.84 Å². The number of piperazine rings is 1. The molecule has 0 aliphatic carbocycles. The van der Waals surface area contributed by atoms with Crippen molar-refractivity contribution in [3.05, 3.63) is 23.5 Å². The van der Waals surface area contributed by atoms with Gasteiger partial charge >= 0.3 is 0 Å². The molecule has 0 radical (unpaired) electrons. The Morgan fingerprint density at radius 3 is 2.55 bits per heavy atom. The van der Waals surface area contributed by atoms with Gasteiger partial charge in [-0.2, -0.15) is 0 Å². The zero-order chi connectivity index (χ0) is 14.8. The first-order valence-corrected chi connectivity index (χ1v) is 8.30. The molecule has 0 atom stereocenters. The summed E-state index contributed by atoms with van der Waals surface area (Å²) in [6.07, 6.45) is 0.987. The third-order valence-corrected chi connectivity index (χ3v) is 4.45. The third kappa shape index (κ3) is 3.47. The first-order chi connectivity index (χ1) is 9.41. The maximum atomic E-state index is 14.0. The summed E-state index contributed by atoms with van der Waals surface area (Å²) >= 11 is 0. The van der Waals surface area contributed by atoms with Gasteiger partial charge in [-0.05, 0) is 6.07 Å². The van der Waals surface area contributed by atoms with Crippen LogP contribution in [0.2, 0.25) is 0 Å². The van der Waals surface area contributed by atoms with Crippen LogP contribution in [0.1, 0.15) is 5.56 Å². The lowest BCUT2D eigenvalue weighted by atomic mass is 10.1. The Balaban J connectivity index is 2.31.